The van der Waals surface area contributed by atoms with E-state index in [1.165, 1.54) is 0 Å². The monoisotopic (exact) mass is 264 g/mol. The van der Waals surface area contributed by atoms with Gasteiger partial charge in [0, 0.05) is 12.1 Å². The number of benzene rings is 1. The van der Waals surface area contributed by atoms with Crippen molar-refractivity contribution in [3.05, 3.63) is 46.7 Å². The van der Waals surface area contributed by atoms with Crippen LogP contribution in [0, 0.1) is 0 Å². The van der Waals surface area contributed by atoms with Gasteiger partial charge < -0.3 is 5.32 Å². The third-order valence-corrected chi connectivity index (χ3v) is 3.20. The summed E-state index contributed by atoms with van der Waals surface area (Å²) in [5, 5.41) is 12.2. The second-order valence-corrected chi connectivity index (χ2v) is 4.60. The fraction of sp³-hybridized carbons (Fsp3) is 0.385. The van der Waals surface area contributed by atoms with Crippen LogP contribution in [0.2, 0.25) is 5.02 Å². The summed E-state index contributed by atoms with van der Waals surface area (Å²) in [5.74, 6) is 0. The summed E-state index contributed by atoms with van der Waals surface area (Å²) in [6.07, 6.45) is 2.84. The Bertz CT molecular complexity index is 509. The number of hydrogen-bond acceptors (Lipinski definition) is 3. The molecule has 0 aliphatic rings. The van der Waals surface area contributed by atoms with Crippen molar-refractivity contribution in [2.75, 3.05) is 6.54 Å². The first-order valence-electron chi connectivity index (χ1n) is 6.06. The van der Waals surface area contributed by atoms with Crippen molar-refractivity contribution in [2.45, 2.75) is 19.4 Å². The summed E-state index contributed by atoms with van der Waals surface area (Å²) in [5.41, 5.74) is 2.06. The van der Waals surface area contributed by atoms with Gasteiger partial charge in [-0.05, 0) is 24.6 Å². The number of aromatic nitrogens is 3. The van der Waals surface area contributed by atoms with Crippen molar-refractivity contribution >= 4 is 11.6 Å². The van der Waals surface area contributed by atoms with E-state index < -0.39 is 0 Å². The zero-order valence-electron chi connectivity index (χ0n) is 10.6. The van der Waals surface area contributed by atoms with Gasteiger partial charge in [0.05, 0.1) is 17.9 Å². The Morgan fingerprint density at radius 3 is 2.78 bits per heavy atom. The highest BCUT2D eigenvalue weighted by Gasteiger charge is 2.19. The minimum atomic E-state index is 0.0265. The Morgan fingerprint density at radius 1 is 1.39 bits per heavy atom. The van der Waals surface area contributed by atoms with Gasteiger partial charge in [-0.2, -0.15) is 0 Å². The van der Waals surface area contributed by atoms with Gasteiger partial charge in [-0.15, -0.1) is 5.10 Å². The lowest BCUT2D eigenvalue weighted by atomic mass is 10.0. The standard InChI is InChI=1S/C13H17ClN4/c1-3-8-15-13(12-9-16-17-18(12)2)10-6-4-5-7-11(10)14/h4-7,9,13,15H,3,8H2,1-2H3. The van der Waals surface area contributed by atoms with E-state index in [0.29, 0.717) is 0 Å². The molecule has 0 fully saturated rings. The molecule has 1 aromatic heterocycles. The fourth-order valence-corrected chi connectivity index (χ4v) is 2.18. The van der Waals surface area contributed by atoms with Gasteiger partial charge in [0.1, 0.15) is 0 Å². The SMILES string of the molecule is CCCNC(c1ccccc1Cl)c1cnnn1C. The Kier molecular flexibility index (Phi) is 4.33. The number of nitrogens with zero attached hydrogens (tertiary/aromatic N) is 3. The number of nitrogens with one attached hydrogen (secondary N) is 1. The number of hydrogen-bond donors (Lipinski definition) is 1. The Morgan fingerprint density at radius 2 is 2.17 bits per heavy atom. The van der Waals surface area contributed by atoms with Crippen LogP contribution in [-0.2, 0) is 7.05 Å². The summed E-state index contributed by atoms with van der Waals surface area (Å²) in [7, 11) is 1.89. The molecule has 0 radical (unpaired) electrons. The van der Waals surface area contributed by atoms with Crippen LogP contribution in [-0.4, -0.2) is 21.5 Å². The van der Waals surface area contributed by atoms with Crippen LogP contribution in [0.25, 0.3) is 0 Å². The quantitative estimate of drug-likeness (QED) is 0.903. The van der Waals surface area contributed by atoms with Crippen molar-refractivity contribution in [2.24, 2.45) is 7.05 Å². The van der Waals surface area contributed by atoms with Gasteiger partial charge in [0.15, 0.2) is 0 Å². The molecular formula is C13H17ClN4. The molecular weight excluding hydrogens is 248 g/mol. The molecule has 1 heterocycles. The maximum atomic E-state index is 6.28. The van der Waals surface area contributed by atoms with Crippen LogP contribution in [0.4, 0.5) is 0 Å². The van der Waals surface area contributed by atoms with E-state index in [2.05, 4.69) is 22.6 Å². The van der Waals surface area contributed by atoms with Crippen LogP contribution < -0.4 is 5.32 Å². The number of rotatable bonds is 5. The average molecular weight is 265 g/mol. The zero-order valence-corrected chi connectivity index (χ0v) is 11.4. The first kappa shape index (κ1) is 13.1. The lowest BCUT2D eigenvalue weighted by Gasteiger charge is -2.19. The number of halogens is 1. The maximum Gasteiger partial charge on any atom is 0.0799 e. The average Bonchev–Trinajstić information content (AvgIpc) is 2.78. The van der Waals surface area contributed by atoms with E-state index in [1.54, 1.807) is 10.9 Å². The summed E-state index contributed by atoms with van der Waals surface area (Å²) in [4.78, 5) is 0. The minimum absolute atomic E-state index is 0.0265. The molecule has 1 aromatic carbocycles. The van der Waals surface area contributed by atoms with Gasteiger partial charge in [0.2, 0.25) is 0 Å². The Hall–Kier alpha value is -1.39. The second kappa shape index (κ2) is 5.98. The molecule has 5 heteroatoms. The van der Waals surface area contributed by atoms with E-state index in [1.807, 2.05) is 31.3 Å². The smallest absolute Gasteiger partial charge is 0.0799 e. The van der Waals surface area contributed by atoms with E-state index in [4.69, 9.17) is 11.6 Å². The molecule has 1 N–H and O–H groups in total. The van der Waals surface area contributed by atoms with Crippen molar-refractivity contribution < 1.29 is 0 Å². The molecule has 0 saturated carbocycles. The predicted molar refractivity (Wildman–Crippen MR) is 72.6 cm³/mol. The molecule has 0 aliphatic heterocycles. The normalized spacial score (nSPS) is 12.6. The minimum Gasteiger partial charge on any atom is -0.305 e. The maximum absolute atomic E-state index is 6.28. The zero-order chi connectivity index (χ0) is 13.0. The molecule has 1 atom stereocenters. The van der Waals surface area contributed by atoms with Crippen LogP contribution in [0.5, 0.6) is 0 Å². The Labute approximate surface area is 112 Å². The van der Waals surface area contributed by atoms with Crippen molar-refractivity contribution in [1.82, 2.24) is 20.3 Å². The van der Waals surface area contributed by atoms with Gasteiger partial charge >= 0.3 is 0 Å². The summed E-state index contributed by atoms with van der Waals surface area (Å²) in [6, 6.07) is 7.89. The summed E-state index contributed by atoms with van der Waals surface area (Å²) in [6.45, 7) is 3.05. The van der Waals surface area contributed by atoms with Crippen molar-refractivity contribution in [3.8, 4) is 0 Å². The van der Waals surface area contributed by atoms with Crippen LogP contribution in [0.3, 0.4) is 0 Å². The molecule has 0 aliphatic carbocycles. The molecule has 0 saturated heterocycles. The Balaban J connectivity index is 2.37. The topological polar surface area (TPSA) is 42.7 Å². The highest BCUT2D eigenvalue weighted by molar-refractivity contribution is 6.31. The third kappa shape index (κ3) is 2.71. The van der Waals surface area contributed by atoms with Gasteiger partial charge in [-0.3, -0.25) is 4.68 Å². The van der Waals surface area contributed by atoms with Crippen molar-refractivity contribution in [3.63, 3.8) is 0 Å². The molecule has 0 bridgehead atoms. The van der Waals surface area contributed by atoms with Gasteiger partial charge in [0.25, 0.3) is 0 Å². The largest absolute Gasteiger partial charge is 0.305 e. The second-order valence-electron chi connectivity index (χ2n) is 4.19. The fourth-order valence-electron chi connectivity index (χ4n) is 1.93. The first-order valence-corrected chi connectivity index (χ1v) is 6.44. The van der Waals surface area contributed by atoms with Crippen LogP contribution in [0.1, 0.15) is 30.6 Å². The third-order valence-electron chi connectivity index (χ3n) is 2.86. The van der Waals surface area contributed by atoms with Gasteiger partial charge in [-0.1, -0.05) is 41.9 Å². The van der Waals surface area contributed by atoms with Gasteiger partial charge in [-0.25, -0.2) is 0 Å². The van der Waals surface area contributed by atoms with E-state index in [-0.39, 0.29) is 6.04 Å². The molecule has 0 amide bonds. The van der Waals surface area contributed by atoms with Crippen LogP contribution >= 0.6 is 11.6 Å². The molecule has 2 aromatic rings. The summed E-state index contributed by atoms with van der Waals surface area (Å²) < 4.78 is 1.77. The van der Waals surface area contributed by atoms with E-state index >= 15 is 0 Å². The predicted octanol–water partition coefficient (Wildman–Crippen LogP) is 2.56. The first-order chi connectivity index (χ1) is 8.74. The molecule has 96 valence electrons. The molecule has 1 unspecified atom stereocenters. The van der Waals surface area contributed by atoms with Crippen LogP contribution in [0.15, 0.2) is 30.5 Å². The lowest BCUT2D eigenvalue weighted by Crippen LogP contribution is -2.25. The lowest BCUT2D eigenvalue weighted by molar-refractivity contribution is 0.551. The molecule has 2 rings (SSSR count). The highest BCUT2D eigenvalue weighted by atomic mass is 35.5. The van der Waals surface area contributed by atoms with E-state index in [0.717, 1.165) is 29.2 Å². The van der Waals surface area contributed by atoms with Crippen molar-refractivity contribution in [1.29, 1.82) is 0 Å². The molecule has 18 heavy (non-hydrogen) atoms. The molecule has 4 nitrogen and oxygen atoms in total. The highest BCUT2D eigenvalue weighted by Crippen LogP contribution is 2.27. The number of aryl methyl sites for hydroxylation is 1. The summed E-state index contributed by atoms with van der Waals surface area (Å²) >= 11 is 6.28. The van der Waals surface area contributed by atoms with E-state index in [9.17, 15) is 0 Å². The molecule has 0 spiro atoms.